The molecule has 2 aliphatic rings. The van der Waals surface area contributed by atoms with Crippen LogP contribution in [0.3, 0.4) is 0 Å². The van der Waals surface area contributed by atoms with Crippen LogP contribution in [-0.4, -0.2) is 42.8 Å². The van der Waals surface area contributed by atoms with Gasteiger partial charge < -0.3 is 14.8 Å². The quantitative estimate of drug-likeness (QED) is 0.861. The monoisotopic (exact) mass is 264 g/mol. The van der Waals surface area contributed by atoms with E-state index in [1.54, 1.807) is 6.26 Å². The van der Waals surface area contributed by atoms with E-state index in [1.165, 1.54) is 12.8 Å². The first-order chi connectivity index (χ1) is 9.36. The maximum Gasteiger partial charge on any atom is 0.117 e. The van der Waals surface area contributed by atoms with Gasteiger partial charge in [0.05, 0.1) is 12.8 Å². The minimum Gasteiger partial charge on any atom is -0.468 e. The molecule has 4 nitrogen and oxygen atoms in total. The molecule has 0 radical (unpaired) electrons. The van der Waals surface area contributed by atoms with Crippen molar-refractivity contribution in [2.45, 2.75) is 19.4 Å². The summed E-state index contributed by atoms with van der Waals surface area (Å²) in [4.78, 5) is 2.48. The molecule has 0 aromatic carbocycles. The van der Waals surface area contributed by atoms with Crippen LogP contribution in [0.2, 0.25) is 0 Å². The molecule has 106 valence electrons. The molecule has 2 atom stereocenters. The average Bonchev–Trinajstić information content (AvgIpc) is 3.10. The van der Waals surface area contributed by atoms with Crippen LogP contribution >= 0.6 is 0 Å². The van der Waals surface area contributed by atoms with E-state index in [9.17, 15) is 5.11 Å². The zero-order chi connectivity index (χ0) is 13.1. The highest BCUT2D eigenvalue weighted by Gasteiger charge is 2.34. The molecule has 2 saturated heterocycles. The van der Waals surface area contributed by atoms with E-state index in [0.29, 0.717) is 18.4 Å². The van der Waals surface area contributed by atoms with E-state index in [-0.39, 0.29) is 0 Å². The third kappa shape index (κ3) is 3.02. The summed E-state index contributed by atoms with van der Waals surface area (Å²) in [6.45, 7) is 5.66. The predicted molar refractivity (Wildman–Crippen MR) is 73.6 cm³/mol. The molecule has 1 aromatic rings. The lowest BCUT2D eigenvalue weighted by Gasteiger charge is -2.35. The lowest BCUT2D eigenvalue weighted by atomic mass is 9.79. The number of nitrogens with zero attached hydrogens (tertiary/aromatic N) is 1. The van der Waals surface area contributed by atoms with Gasteiger partial charge in [-0.1, -0.05) is 0 Å². The SMILES string of the molecule is OC[C@@H]1CNC[C@H]1C1CCN(Cc2ccco2)CC1. The Labute approximate surface area is 114 Å². The van der Waals surface area contributed by atoms with Gasteiger partial charge in [-0.15, -0.1) is 0 Å². The topological polar surface area (TPSA) is 48.6 Å². The second kappa shape index (κ2) is 6.07. The van der Waals surface area contributed by atoms with E-state index in [1.807, 2.05) is 6.07 Å². The van der Waals surface area contributed by atoms with Crippen molar-refractivity contribution in [1.29, 1.82) is 0 Å². The summed E-state index contributed by atoms with van der Waals surface area (Å²) in [6.07, 6.45) is 4.26. The molecule has 3 heterocycles. The van der Waals surface area contributed by atoms with E-state index < -0.39 is 0 Å². The largest absolute Gasteiger partial charge is 0.468 e. The number of likely N-dealkylation sites (tertiary alicyclic amines) is 1. The van der Waals surface area contributed by atoms with Gasteiger partial charge in [-0.05, 0) is 62.4 Å². The Morgan fingerprint density at radius 2 is 2.16 bits per heavy atom. The van der Waals surface area contributed by atoms with E-state index in [0.717, 1.165) is 44.4 Å². The summed E-state index contributed by atoms with van der Waals surface area (Å²) in [6, 6.07) is 4.01. The fraction of sp³-hybridized carbons (Fsp3) is 0.733. The molecule has 1 aromatic heterocycles. The smallest absolute Gasteiger partial charge is 0.117 e. The Morgan fingerprint density at radius 3 is 2.84 bits per heavy atom. The molecule has 19 heavy (non-hydrogen) atoms. The van der Waals surface area contributed by atoms with Crippen molar-refractivity contribution in [2.75, 3.05) is 32.8 Å². The van der Waals surface area contributed by atoms with Crippen LogP contribution in [0, 0.1) is 17.8 Å². The molecular formula is C15H24N2O2. The first-order valence-corrected chi connectivity index (χ1v) is 7.43. The zero-order valence-corrected chi connectivity index (χ0v) is 11.4. The van der Waals surface area contributed by atoms with Crippen LogP contribution in [-0.2, 0) is 6.54 Å². The number of hydrogen-bond acceptors (Lipinski definition) is 4. The minimum absolute atomic E-state index is 0.338. The molecule has 0 saturated carbocycles. The van der Waals surface area contributed by atoms with E-state index >= 15 is 0 Å². The van der Waals surface area contributed by atoms with Gasteiger partial charge in [0.2, 0.25) is 0 Å². The normalized spacial score (nSPS) is 29.9. The van der Waals surface area contributed by atoms with Crippen molar-refractivity contribution < 1.29 is 9.52 Å². The van der Waals surface area contributed by atoms with Crippen LogP contribution in [0.15, 0.2) is 22.8 Å². The zero-order valence-electron chi connectivity index (χ0n) is 11.4. The summed E-state index contributed by atoms with van der Waals surface area (Å²) in [7, 11) is 0. The summed E-state index contributed by atoms with van der Waals surface area (Å²) in [5, 5.41) is 12.9. The maximum absolute atomic E-state index is 9.43. The summed E-state index contributed by atoms with van der Waals surface area (Å²) in [5.74, 6) is 2.99. The van der Waals surface area contributed by atoms with Gasteiger partial charge in [0.1, 0.15) is 5.76 Å². The number of aliphatic hydroxyl groups excluding tert-OH is 1. The van der Waals surface area contributed by atoms with Gasteiger partial charge in [-0.2, -0.15) is 0 Å². The molecule has 2 aliphatic heterocycles. The fourth-order valence-corrected chi connectivity index (χ4v) is 3.67. The molecule has 2 fully saturated rings. The first kappa shape index (κ1) is 13.2. The number of hydrogen-bond donors (Lipinski definition) is 2. The number of nitrogens with one attached hydrogen (secondary N) is 1. The Hall–Kier alpha value is -0.840. The highest BCUT2D eigenvalue weighted by Crippen LogP contribution is 2.32. The standard InChI is InChI=1S/C15H24N2O2/c18-11-13-8-16-9-15(13)12-3-5-17(6-4-12)10-14-2-1-7-19-14/h1-2,7,12-13,15-16,18H,3-6,8-11H2/t13-,15-/m0/s1. The fourth-order valence-electron chi connectivity index (χ4n) is 3.67. The molecule has 0 spiro atoms. The molecular weight excluding hydrogens is 240 g/mol. The van der Waals surface area contributed by atoms with Crippen molar-refractivity contribution >= 4 is 0 Å². The van der Waals surface area contributed by atoms with Crippen molar-refractivity contribution in [3.8, 4) is 0 Å². The first-order valence-electron chi connectivity index (χ1n) is 7.43. The van der Waals surface area contributed by atoms with E-state index in [4.69, 9.17) is 4.42 Å². The molecule has 0 aliphatic carbocycles. The van der Waals surface area contributed by atoms with Crippen LogP contribution in [0.25, 0.3) is 0 Å². The maximum atomic E-state index is 9.43. The van der Waals surface area contributed by atoms with Crippen LogP contribution in [0.5, 0.6) is 0 Å². The third-order valence-electron chi connectivity index (χ3n) is 4.82. The Morgan fingerprint density at radius 1 is 1.32 bits per heavy atom. The molecule has 2 N–H and O–H groups in total. The van der Waals surface area contributed by atoms with Crippen molar-refractivity contribution in [2.24, 2.45) is 17.8 Å². The van der Waals surface area contributed by atoms with E-state index in [2.05, 4.69) is 16.3 Å². The number of piperidine rings is 1. The van der Waals surface area contributed by atoms with Crippen LogP contribution in [0.1, 0.15) is 18.6 Å². The molecule has 3 rings (SSSR count). The van der Waals surface area contributed by atoms with Crippen LogP contribution < -0.4 is 5.32 Å². The number of aliphatic hydroxyl groups is 1. The lowest BCUT2D eigenvalue weighted by Crippen LogP contribution is -2.37. The Balaban J connectivity index is 1.49. The van der Waals surface area contributed by atoms with Gasteiger partial charge >= 0.3 is 0 Å². The highest BCUT2D eigenvalue weighted by molar-refractivity contribution is 4.98. The van der Waals surface area contributed by atoms with Crippen LogP contribution in [0.4, 0.5) is 0 Å². The van der Waals surface area contributed by atoms with Crippen molar-refractivity contribution in [1.82, 2.24) is 10.2 Å². The molecule has 0 bridgehead atoms. The summed E-state index contributed by atoms with van der Waals surface area (Å²) in [5.41, 5.74) is 0. The van der Waals surface area contributed by atoms with Crippen molar-refractivity contribution in [3.05, 3.63) is 24.2 Å². The predicted octanol–water partition coefficient (Wildman–Crippen LogP) is 1.32. The minimum atomic E-state index is 0.338. The van der Waals surface area contributed by atoms with Gasteiger partial charge in [-0.3, -0.25) is 4.90 Å². The highest BCUT2D eigenvalue weighted by atomic mass is 16.3. The molecule has 4 heteroatoms. The van der Waals surface area contributed by atoms with Gasteiger partial charge in [0.15, 0.2) is 0 Å². The average molecular weight is 264 g/mol. The van der Waals surface area contributed by atoms with Crippen molar-refractivity contribution in [3.63, 3.8) is 0 Å². The lowest BCUT2D eigenvalue weighted by molar-refractivity contribution is 0.104. The second-order valence-electron chi connectivity index (χ2n) is 5.96. The molecule has 0 unspecified atom stereocenters. The summed E-state index contributed by atoms with van der Waals surface area (Å²) >= 11 is 0. The van der Waals surface area contributed by atoms with Gasteiger partial charge in [0.25, 0.3) is 0 Å². The van der Waals surface area contributed by atoms with Gasteiger partial charge in [-0.25, -0.2) is 0 Å². The molecule has 0 amide bonds. The Bertz CT molecular complexity index is 372. The van der Waals surface area contributed by atoms with Gasteiger partial charge in [0, 0.05) is 13.2 Å². The summed E-state index contributed by atoms with van der Waals surface area (Å²) < 4.78 is 5.41. The third-order valence-corrected chi connectivity index (χ3v) is 4.82. The number of furan rings is 1. The second-order valence-corrected chi connectivity index (χ2v) is 5.96. The Kier molecular flexibility index (Phi) is 4.21. The number of rotatable bonds is 4.